The van der Waals surface area contributed by atoms with E-state index in [1.165, 1.54) is 12.5 Å². The Morgan fingerprint density at radius 2 is 2.44 bits per heavy atom. The largest absolute Gasteiger partial charge is 0.472 e. The molecule has 2 heterocycles. The summed E-state index contributed by atoms with van der Waals surface area (Å²) >= 11 is 0. The molecule has 0 saturated carbocycles. The van der Waals surface area contributed by atoms with E-state index in [0.717, 1.165) is 13.0 Å². The normalized spacial score (nSPS) is 25.8. The average molecular weight is 223 g/mol. The van der Waals surface area contributed by atoms with Crippen molar-refractivity contribution in [2.24, 2.45) is 5.92 Å². The number of piperidine rings is 1. The van der Waals surface area contributed by atoms with Crippen molar-refractivity contribution in [1.82, 2.24) is 4.90 Å². The third kappa shape index (κ3) is 2.11. The molecule has 1 aromatic heterocycles. The Morgan fingerprint density at radius 3 is 3.06 bits per heavy atom. The van der Waals surface area contributed by atoms with Gasteiger partial charge in [0, 0.05) is 20.2 Å². The Kier molecular flexibility index (Phi) is 3.29. The van der Waals surface area contributed by atoms with Crippen molar-refractivity contribution in [2.75, 3.05) is 20.2 Å². The zero-order chi connectivity index (χ0) is 11.5. The fourth-order valence-electron chi connectivity index (χ4n) is 2.09. The summed E-state index contributed by atoms with van der Waals surface area (Å²) in [6.07, 6.45) is 4.14. The highest BCUT2D eigenvalue weighted by molar-refractivity contribution is 5.93. The lowest BCUT2D eigenvalue weighted by atomic mass is 9.95. The number of nitrogens with zero attached hydrogens (tertiary/aromatic N) is 1. The van der Waals surface area contributed by atoms with Crippen LogP contribution >= 0.6 is 0 Å². The number of carbonyl (C=O) groups excluding carboxylic acids is 1. The summed E-state index contributed by atoms with van der Waals surface area (Å²) in [7, 11) is 1.70. The van der Waals surface area contributed by atoms with Crippen LogP contribution in [0.4, 0.5) is 0 Å². The lowest BCUT2D eigenvalue weighted by Gasteiger charge is -2.36. The molecule has 0 aromatic carbocycles. The van der Waals surface area contributed by atoms with Crippen molar-refractivity contribution in [2.45, 2.75) is 19.4 Å². The minimum absolute atomic E-state index is 0.0303. The Morgan fingerprint density at radius 1 is 1.62 bits per heavy atom. The lowest BCUT2D eigenvalue weighted by molar-refractivity contribution is -0.00158. The van der Waals surface area contributed by atoms with Gasteiger partial charge in [0.1, 0.15) is 6.26 Å². The Balaban J connectivity index is 2.03. The van der Waals surface area contributed by atoms with Gasteiger partial charge in [-0.25, -0.2) is 0 Å². The summed E-state index contributed by atoms with van der Waals surface area (Å²) in [6, 6.07) is 1.70. The molecule has 88 valence electrons. The van der Waals surface area contributed by atoms with Gasteiger partial charge in [0.05, 0.1) is 17.9 Å². The van der Waals surface area contributed by atoms with Crippen molar-refractivity contribution >= 4 is 5.91 Å². The number of amides is 1. The third-order valence-electron chi connectivity index (χ3n) is 3.25. The summed E-state index contributed by atoms with van der Waals surface area (Å²) in [5, 5.41) is 0. The zero-order valence-corrected chi connectivity index (χ0v) is 9.68. The highest BCUT2D eigenvalue weighted by Crippen LogP contribution is 2.21. The van der Waals surface area contributed by atoms with Gasteiger partial charge in [-0.1, -0.05) is 6.92 Å². The summed E-state index contributed by atoms with van der Waals surface area (Å²) in [4.78, 5) is 13.9. The smallest absolute Gasteiger partial charge is 0.257 e. The second kappa shape index (κ2) is 4.70. The fraction of sp³-hybridized carbons (Fsp3) is 0.583. The van der Waals surface area contributed by atoms with E-state index in [0.29, 0.717) is 18.0 Å². The first-order valence-corrected chi connectivity index (χ1v) is 5.56. The van der Waals surface area contributed by atoms with Gasteiger partial charge in [-0.15, -0.1) is 0 Å². The number of carbonyl (C=O) groups is 1. The molecule has 4 heteroatoms. The van der Waals surface area contributed by atoms with Gasteiger partial charge in [0.2, 0.25) is 0 Å². The Labute approximate surface area is 95.2 Å². The first kappa shape index (κ1) is 11.2. The van der Waals surface area contributed by atoms with Crippen molar-refractivity contribution in [1.29, 1.82) is 0 Å². The monoisotopic (exact) mass is 223 g/mol. The highest BCUT2D eigenvalue weighted by Gasteiger charge is 2.29. The predicted octanol–water partition coefficient (Wildman–Crippen LogP) is 1.78. The van der Waals surface area contributed by atoms with Gasteiger partial charge >= 0.3 is 0 Å². The van der Waals surface area contributed by atoms with Crippen LogP contribution in [0.3, 0.4) is 0 Å². The molecule has 1 aromatic rings. The van der Waals surface area contributed by atoms with Crippen LogP contribution in [0.2, 0.25) is 0 Å². The molecule has 0 radical (unpaired) electrons. The molecule has 0 bridgehead atoms. The van der Waals surface area contributed by atoms with Gasteiger partial charge in [-0.05, 0) is 18.4 Å². The van der Waals surface area contributed by atoms with Crippen LogP contribution in [0, 0.1) is 5.92 Å². The standard InChI is InChI=1S/C12H17NO3/c1-9-3-5-13(7-11(9)15-2)12(14)10-4-6-16-8-10/h4,6,8-9,11H,3,5,7H2,1-2H3/t9-,11-/m0/s1. The van der Waals surface area contributed by atoms with E-state index in [2.05, 4.69) is 6.92 Å². The van der Waals surface area contributed by atoms with Crippen LogP contribution in [-0.4, -0.2) is 37.1 Å². The van der Waals surface area contributed by atoms with E-state index in [9.17, 15) is 4.79 Å². The Hall–Kier alpha value is -1.29. The maximum Gasteiger partial charge on any atom is 0.257 e. The van der Waals surface area contributed by atoms with E-state index in [1.807, 2.05) is 4.90 Å². The van der Waals surface area contributed by atoms with Crippen LogP contribution in [0.5, 0.6) is 0 Å². The Bertz CT molecular complexity index is 347. The van der Waals surface area contributed by atoms with Crippen LogP contribution in [0.15, 0.2) is 23.0 Å². The van der Waals surface area contributed by atoms with Gasteiger partial charge in [-0.2, -0.15) is 0 Å². The van der Waals surface area contributed by atoms with Gasteiger partial charge in [-0.3, -0.25) is 4.79 Å². The molecule has 1 aliphatic heterocycles. The molecule has 2 atom stereocenters. The van der Waals surface area contributed by atoms with Crippen LogP contribution < -0.4 is 0 Å². The number of hydrogen-bond acceptors (Lipinski definition) is 3. The number of methoxy groups -OCH3 is 1. The van der Waals surface area contributed by atoms with Crippen LogP contribution in [0.1, 0.15) is 23.7 Å². The molecule has 0 unspecified atom stereocenters. The van der Waals surface area contributed by atoms with E-state index in [1.54, 1.807) is 13.2 Å². The molecule has 0 aliphatic carbocycles. The molecule has 1 fully saturated rings. The minimum atomic E-state index is 0.0303. The van der Waals surface area contributed by atoms with E-state index in [4.69, 9.17) is 9.15 Å². The number of furan rings is 1. The SMILES string of the molecule is CO[C@H]1CN(C(=O)c2ccoc2)CC[C@@H]1C. The number of ether oxygens (including phenoxy) is 1. The molecular weight excluding hydrogens is 206 g/mol. The van der Waals surface area contributed by atoms with Crippen molar-refractivity contribution in [3.05, 3.63) is 24.2 Å². The van der Waals surface area contributed by atoms with E-state index >= 15 is 0 Å². The number of likely N-dealkylation sites (tertiary alicyclic amines) is 1. The van der Waals surface area contributed by atoms with Crippen molar-refractivity contribution in [3.8, 4) is 0 Å². The second-order valence-corrected chi connectivity index (χ2v) is 4.30. The fourth-order valence-corrected chi connectivity index (χ4v) is 2.09. The molecule has 2 rings (SSSR count). The minimum Gasteiger partial charge on any atom is -0.472 e. The molecule has 16 heavy (non-hydrogen) atoms. The maximum absolute atomic E-state index is 12.0. The highest BCUT2D eigenvalue weighted by atomic mass is 16.5. The molecule has 0 N–H and O–H groups in total. The van der Waals surface area contributed by atoms with E-state index < -0.39 is 0 Å². The molecule has 1 amide bonds. The first-order valence-electron chi connectivity index (χ1n) is 5.56. The van der Waals surface area contributed by atoms with Crippen molar-refractivity contribution in [3.63, 3.8) is 0 Å². The van der Waals surface area contributed by atoms with E-state index in [-0.39, 0.29) is 12.0 Å². The molecular formula is C12H17NO3. The van der Waals surface area contributed by atoms with Crippen LogP contribution in [-0.2, 0) is 4.74 Å². The number of rotatable bonds is 2. The topological polar surface area (TPSA) is 42.7 Å². The quantitative estimate of drug-likeness (QED) is 0.767. The van der Waals surface area contributed by atoms with Gasteiger partial charge in [0.25, 0.3) is 5.91 Å². The molecule has 1 aliphatic rings. The molecule has 4 nitrogen and oxygen atoms in total. The lowest BCUT2D eigenvalue weighted by Crippen LogP contribution is -2.46. The number of hydrogen-bond donors (Lipinski definition) is 0. The van der Waals surface area contributed by atoms with Crippen LogP contribution in [0.25, 0.3) is 0 Å². The van der Waals surface area contributed by atoms with Gasteiger partial charge < -0.3 is 14.1 Å². The predicted molar refractivity (Wildman–Crippen MR) is 59.2 cm³/mol. The summed E-state index contributed by atoms with van der Waals surface area (Å²) in [6.45, 7) is 3.63. The third-order valence-corrected chi connectivity index (χ3v) is 3.25. The second-order valence-electron chi connectivity index (χ2n) is 4.30. The maximum atomic E-state index is 12.0. The average Bonchev–Trinajstić information content (AvgIpc) is 2.82. The summed E-state index contributed by atoms with van der Waals surface area (Å²) < 4.78 is 10.3. The molecule has 1 saturated heterocycles. The zero-order valence-electron chi connectivity index (χ0n) is 9.68. The first-order chi connectivity index (χ1) is 7.72. The summed E-state index contributed by atoms with van der Waals surface area (Å²) in [5.74, 6) is 0.543. The molecule has 0 spiro atoms. The van der Waals surface area contributed by atoms with Crippen molar-refractivity contribution < 1.29 is 13.9 Å². The summed E-state index contributed by atoms with van der Waals surface area (Å²) in [5.41, 5.74) is 0.615. The van der Waals surface area contributed by atoms with Gasteiger partial charge in [0.15, 0.2) is 0 Å².